The Morgan fingerprint density at radius 2 is 2.56 bits per heavy atom. The Balaban J connectivity index is 2.47. The van der Waals surface area contributed by atoms with E-state index < -0.39 is 5.97 Å². The van der Waals surface area contributed by atoms with Crippen LogP contribution in [0.25, 0.3) is 0 Å². The topological polar surface area (TPSA) is 75.4 Å². The second kappa shape index (κ2) is 5.93. The van der Waals surface area contributed by atoms with Crippen LogP contribution in [0.2, 0.25) is 0 Å². The summed E-state index contributed by atoms with van der Waals surface area (Å²) in [7, 11) is 0. The zero-order valence-corrected chi connectivity index (χ0v) is 9.06. The smallest absolute Gasteiger partial charge is 0.358 e. The SMILES string of the molecule is C#CCC(CC)NCc1cc(C(=O)O)no1. The lowest BCUT2D eigenvalue weighted by Gasteiger charge is -2.11. The third kappa shape index (κ3) is 3.41. The fourth-order valence-electron chi connectivity index (χ4n) is 1.25. The molecule has 0 aromatic carbocycles. The minimum Gasteiger partial charge on any atom is -0.476 e. The third-order valence-corrected chi connectivity index (χ3v) is 2.20. The average Bonchev–Trinajstić information content (AvgIpc) is 2.73. The molecule has 0 bridgehead atoms. The van der Waals surface area contributed by atoms with E-state index in [-0.39, 0.29) is 11.7 Å². The number of nitrogens with zero attached hydrogens (tertiary/aromatic N) is 1. The van der Waals surface area contributed by atoms with Crippen molar-refractivity contribution in [3.8, 4) is 12.3 Å². The number of terminal acetylenes is 1. The maximum Gasteiger partial charge on any atom is 0.358 e. The molecule has 2 N–H and O–H groups in total. The second-order valence-corrected chi connectivity index (χ2v) is 3.38. The predicted octanol–water partition coefficient (Wildman–Crippen LogP) is 1.26. The number of aromatic nitrogens is 1. The first kappa shape index (κ1) is 12.3. The van der Waals surface area contributed by atoms with E-state index in [2.05, 4.69) is 16.4 Å². The van der Waals surface area contributed by atoms with Gasteiger partial charge in [-0.2, -0.15) is 0 Å². The average molecular weight is 222 g/mol. The van der Waals surface area contributed by atoms with Crippen molar-refractivity contribution in [1.82, 2.24) is 10.5 Å². The molecule has 16 heavy (non-hydrogen) atoms. The van der Waals surface area contributed by atoms with Gasteiger partial charge >= 0.3 is 5.97 Å². The molecule has 1 heterocycles. The van der Waals surface area contributed by atoms with Gasteiger partial charge < -0.3 is 14.9 Å². The Kier molecular flexibility index (Phi) is 4.55. The fourth-order valence-corrected chi connectivity index (χ4v) is 1.25. The minimum atomic E-state index is -1.09. The van der Waals surface area contributed by atoms with Crippen LogP contribution in [-0.2, 0) is 6.54 Å². The van der Waals surface area contributed by atoms with Crippen molar-refractivity contribution in [3.63, 3.8) is 0 Å². The first-order valence-electron chi connectivity index (χ1n) is 5.03. The summed E-state index contributed by atoms with van der Waals surface area (Å²) in [6, 6.07) is 1.61. The molecule has 0 aliphatic rings. The molecule has 0 spiro atoms. The van der Waals surface area contributed by atoms with Crippen molar-refractivity contribution < 1.29 is 14.4 Å². The van der Waals surface area contributed by atoms with Crippen LogP contribution in [0, 0.1) is 12.3 Å². The highest BCUT2D eigenvalue weighted by molar-refractivity contribution is 5.85. The van der Waals surface area contributed by atoms with E-state index in [0.29, 0.717) is 18.7 Å². The third-order valence-electron chi connectivity index (χ3n) is 2.20. The monoisotopic (exact) mass is 222 g/mol. The molecule has 1 rings (SSSR count). The van der Waals surface area contributed by atoms with Gasteiger partial charge in [0.2, 0.25) is 0 Å². The number of nitrogens with one attached hydrogen (secondary N) is 1. The van der Waals surface area contributed by atoms with E-state index in [0.717, 1.165) is 6.42 Å². The first-order valence-corrected chi connectivity index (χ1v) is 5.03. The van der Waals surface area contributed by atoms with E-state index in [4.69, 9.17) is 16.1 Å². The number of carboxylic acids is 1. The summed E-state index contributed by atoms with van der Waals surface area (Å²) in [4.78, 5) is 10.5. The maximum absolute atomic E-state index is 10.5. The van der Waals surface area contributed by atoms with Crippen LogP contribution in [0.5, 0.6) is 0 Å². The van der Waals surface area contributed by atoms with Gasteiger partial charge in [-0.3, -0.25) is 0 Å². The van der Waals surface area contributed by atoms with Crippen LogP contribution < -0.4 is 5.32 Å². The van der Waals surface area contributed by atoms with Crippen molar-refractivity contribution in [1.29, 1.82) is 0 Å². The zero-order valence-electron chi connectivity index (χ0n) is 9.06. The highest BCUT2D eigenvalue weighted by Gasteiger charge is 2.11. The van der Waals surface area contributed by atoms with E-state index >= 15 is 0 Å². The van der Waals surface area contributed by atoms with Gasteiger partial charge in [-0.15, -0.1) is 12.3 Å². The van der Waals surface area contributed by atoms with Crippen molar-refractivity contribution in [2.75, 3.05) is 0 Å². The molecule has 0 aliphatic carbocycles. The summed E-state index contributed by atoms with van der Waals surface area (Å²) in [6.07, 6.45) is 6.76. The van der Waals surface area contributed by atoms with Gasteiger partial charge in [-0.1, -0.05) is 12.1 Å². The Morgan fingerprint density at radius 1 is 1.81 bits per heavy atom. The number of rotatable bonds is 6. The number of hydrogen-bond acceptors (Lipinski definition) is 4. The van der Waals surface area contributed by atoms with Gasteiger partial charge in [0, 0.05) is 18.5 Å². The van der Waals surface area contributed by atoms with Gasteiger partial charge in [0.1, 0.15) is 0 Å². The van der Waals surface area contributed by atoms with E-state index in [9.17, 15) is 4.79 Å². The van der Waals surface area contributed by atoms with Gasteiger partial charge in [0.05, 0.1) is 6.54 Å². The van der Waals surface area contributed by atoms with Crippen LogP contribution in [0.3, 0.4) is 0 Å². The summed E-state index contributed by atoms with van der Waals surface area (Å²) in [5.74, 6) is 1.98. The van der Waals surface area contributed by atoms with E-state index in [1.807, 2.05) is 6.92 Å². The van der Waals surface area contributed by atoms with Crippen molar-refractivity contribution in [2.24, 2.45) is 0 Å². The van der Waals surface area contributed by atoms with Gasteiger partial charge in [-0.05, 0) is 6.42 Å². The summed E-state index contributed by atoms with van der Waals surface area (Å²) >= 11 is 0. The van der Waals surface area contributed by atoms with Gasteiger partial charge in [0.25, 0.3) is 0 Å². The van der Waals surface area contributed by atoms with Crippen molar-refractivity contribution in [3.05, 3.63) is 17.5 Å². The lowest BCUT2D eigenvalue weighted by Crippen LogP contribution is -2.27. The summed E-state index contributed by atoms with van der Waals surface area (Å²) in [5.41, 5.74) is -0.0817. The van der Waals surface area contributed by atoms with Gasteiger partial charge in [-0.25, -0.2) is 4.79 Å². The molecule has 1 unspecified atom stereocenters. The summed E-state index contributed by atoms with van der Waals surface area (Å²) in [5, 5.41) is 15.2. The Morgan fingerprint density at radius 3 is 3.06 bits per heavy atom. The lowest BCUT2D eigenvalue weighted by atomic mass is 10.1. The molecule has 0 saturated carbocycles. The highest BCUT2D eigenvalue weighted by Crippen LogP contribution is 2.05. The van der Waals surface area contributed by atoms with Crippen molar-refractivity contribution in [2.45, 2.75) is 32.4 Å². The van der Waals surface area contributed by atoms with E-state index in [1.54, 1.807) is 0 Å². The fraction of sp³-hybridized carbons (Fsp3) is 0.455. The Hall–Kier alpha value is -1.80. The molecule has 86 valence electrons. The molecule has 1 aromatic heterocycles. The molecular weight excluding hydrogens is 208 g/mol. The largest absolute Gasteiger partial charge is 0.476 e. The number of hydrogen-bond donors (Lipinski definition) is 2. The highest BCUT2D eigenvalue weighted by atomic mass is 16.5. The molecular formula is C11H14N2O3. The molecule has 1 aromatic rings. The van der Waals surface area contributed by atoms with Crippen LogP contribution >= 0.6 is 0 Å². The Labute approximate surface area is 93.8 Å². The van der Waals surface area contributed by atoms with Crippen molar-refractivity contribution >= 4 is 5.97 Å². The molecule has 1 atom stereocenters. The van der Waals surface area contributed by atoms with Crippen LogP contribution in [0.15, 0.2) is 10.6 Å². The molecule has 5 nitrogen and oxygen atoms in total. The first-order chi connectivity index (χ1) is 7.67. The summed E-state index contributed by atoms with van der Waals surface area (Å²) in [6.45, 7) is 2.46. The number of carbonyl (C=O) groups is 1. The molecule has 0 amide bonds. The van der Waals surface area contributed by atoms with E-state index in [1.165, 1.54) is 6.07 Å². The second-order valence-electron chi connectivity index (χ2n) is 3.38. The maximum atomic E-state index is 10.5. The van der Waals surface area contributed by atoms with Crippen LogP contribution in [0.4, 0.5) is 0 Å². The lowest BCUT2D eigenvalue weighted by molar-refractivity contribution is 0.0685. The normalized spacial score (nSPS) is 12.0. The molecule has 0 fully saturated rings. The quantitative estimate of drug-likeness (QED) is 0.709. The molecule has 0 saturated heterocycles. The standard InChI is InChI=1S/C11H14N2O3/c1-3-5-8(4-2)12-7-9-6-10(11(14)15)13-16-9/h1,6,8,12H,4-5,7H2,2H3,(H,14,15). The zero-order chi connectivity index (χ0) is 12.0. The number of carboxylic acid groups (broad SMARTS) is 1. The predicted molar refractivity (Wildman–Crippen MR) is 57.8 cm³/mol. The van der Waals surface area contributed by atoms with Gasteiger partial charge in [0.15, 0.2) is 11.5 Å². The molecule has 5 heteroatoms. The Bertz CT molecular complexity index is 392. The minimum absolute atomic E-state index is 0.0817. The number of aromatic carboxylic acids is 1. The molecule has 0 aliphatic heterocycles. The van der Waals surface area contributed by atoms with Crippen LogP contribution in [-0.4, -0.2) is 22.3 Å². The van der Waals surface area contributed by atoms with Crippen LogP contribution in [0.1, 0.15) is 36.0 Å². The molecule has 0 radical (unpaired) electrons. The summed E-state index contributed by atoms with van der Waals surface area (Å²) < 4.78 is 4.85.